The molecule has 1 unspecified atom stereocenters. The van der Waals surface area contributed by atoms with Crippen molar-refractivity contribution in [1.29, 1.82) is 0 Å². The predicted octanol–water partition coefficient (Wildman–Crippen LogP) is 2.24. The second-order valence-electron chi connectivity index (χ2n) is 2.78. The highest BCUT2D eigenvalue weighted by atomic mass is 19.1. The number of hydrogen-bond donors (Lipinski definition) is 0. The highest BCUT2D eigenvalue weighted by molar-refractivity contribution is 5.74. The first-order valence-corrected chi connectivity index (χ1v) is 4.04. The SMILES string of the molecule is CC(F)COc1ccc(C=O)cc1. The third-order valence-corrected chi connectivity index (χ3v) is 1.50. The molecule has 0 aliphatic heterocycles. The van der Waals surface area contributed by atoms with E-state index >= 15 is 0 Å². The molecule has 13 heavy (non-hydrogen) atoms. The van der Waals surface area contributed by atoms with E-state index in [1.54, 1.807) is 24.3 Å². The van der Waals surface area contributed by atoms with Gasteiger partial charge in [0.25, 0.3) is 0 Å². The van der Waals surface area contributed by atoms with Crippen molar-refractivity contribution in [1.82, 2.24) is 0 Å². The summed E-state index contributed by atoms with van der Waals surface area (Å²) >= 11 is 0. The molecule has 3 heteroatoms. The second-order valence-corrected chi connectivity index (χ2v) is 2.78. The van der Waals surface area contributed by atoms with Gasteiger partial charge < -0.3 is 4.74 Å². The van der Waals surface area contributed by atoms with Crippen molar-refractivity contribution < 1.29 is 13.9 Å². The van der Waals surface area contributed by atoms with Crippen LogP contribution in [0.15, 0.2) is 24.3 Å². The Morgan fingerprint density at radius 3 is 2.54 bits per heavy atom. The fraction of sp³-hybridized carbons (Fsp3) is 0.300. The molecule has 0 aliphatic rings. The summed E-state index contributed by atoms with van der Waals surface area (Å²) in [5, 5.41) is 0. The Hall–Kier alpha value is -1.38. The lowest BCUT2D eigenvalue weighted by molar-refractivity contribution is 0.112. The van der Waals surface area contributed by atoms with Crippen LogP contribution < -0.4 is 4.74 Å². The lowest BCUT2D eigenvalue weighted by Gasteiger charge is -2.05. The first-order chi connectivity index (χ1) is 6.22. The van der Waals surface area contributed by atoms with Gasteiger partial charge in [0, 0.05) is 5.56 Å². The smallest absolute Gasteiger partial charge is 0.150 e. The van der Waals surface area contributed by atoms with Crippen molar-refractivity contribution in [3.05, 3.63) is 29.8 Å². The molecule has 1 aromatic rings. The molecule has 0 radical (unpaired) electrons. The van der Waals surface area contributed by atoms with Gasteiger partial charge in [0.2, 0.25) is 0 Å². The topological polar surface area (TPSA) is 26.3 Å². The van der Waals surface area contributed by atoms with Crippen LogP contribution in [0.2, 0.25) is 0 Å². The van der Waals surface area contributed by atoms with E-state index < -0.39 is 6.17 Å². The summed E-state index contributed by atoms with van der Waals surface area (Å²) in [5.41, 5.74) is 0.584. The maximum atomic E-state index is 12.4. The van der Waals surface area contributed by atoms with Gasteiger partial charge in [-0.15, -0.1) is 0 Å². The van der Waals surface area contributed by atoms with E-state index in [0.717, 1.165) is 6.29 Å². The molecule has 0 fully saturated rings. The quantitative estimate of drug-likeness (QED) is 0.667. The largest absolute Gasteiger partial charge is 0.491 e. The minimum Gasteiger partial charge on any atom is -0.491 e. The maximum absolute atomic E-state index is 12.4. The van der Waals surface area contributed by atoms with E-state index in [0.29, 0.717) is 11.3 Å². The van der Waals surface area contributed by atoms with Crippen LogP contribution in [-0.4, -0.2) is 19.1 Å². The Bertz CT molecular complexity index is 267. The van der Waals surface area contributed by atoms with Crippen LogP contribution in [0.5, 0.6) is 5.75 Å². The van der Waals surface area contributed by atoms with Gasteiger partial charge in [-0.3, -0.25) is 4.79 Å². The molecule has 1 aromatic carbocycles. The van der Waals surface area contributed by atoms with Crippen molar-refractivity contribution in [2.24, 2.45) is 0 Å². The summed E-state index contributed by atoms with van der Waals surface area (Å²) in [6.45, 7) is 1.47. The number of halogens is 1. The van der Waals surface area contributed by atoms with Gasteiger partial charge in [-0.05, 0) is 31.2 Å². The summed E-state index contributed by atoms with van der Waals surface area (Å²) in [6.07, 6.45) is -0.229. The molecular weight excluding hydrogens is 171 g/mol. The Labute approximate surface area is 76.3 Å². The molecule has 0 bridgehead atoms. The highest BCUT2D eigenvalue weighted by Gasteiger charge is 1.99. The van der Waals surface area contributed by atoms with Crippen LogP contribution in [-0.2, 0) is 0 Å². The van der Waals surface area contributed by atoms with E-state index in [2.05, 4.69) is 0 Å². The average Bonchev–Trinajstić information content (AvgIpc) is 2.15. The Kier molecular flexibility index (Phi) is 3.43. The van der Waals surface area contributed by atoms with E-state index in [1.807, 2.05) is 0 Å². The minimum absolute atomic E-state index is 0.0421. The van der Waals surface area contributed by atoms with Crippen LogP contribution in [0.3, 0.4) is 0 Å². The van der Waals surface area contributed by atoms with E-state index in [4.69, 9.17) is 4.74 Å². The maximum Gasteiger partial charge on any atom is 0.150 e. The summed E-state index contributed by atoms with van der Waals surface area (Å²) in [6, 6.07) is 6.55. The van der Waals surface area contributed by atoms with Crippen molar-refractivity contribution in [3.8, 4) is 5.75 Å². The lowest BCUT2D eigenvalue weighted by atomic mass is 10.2. The van der Waals surface area contributed by atoms with Crippen molar-refractivity contribution in [2.75, 3.05) is 6.61 Å². The van der Waals surface area contributed by atoms with Gasteiger partial charge in [0.1, 0.15) is 24.8 Å². The molecule has 0 saturated carbocycles. The molecule has 70 valence electrons. The average molecular weight is 182 g/mol. The number of carbonyl (C=O) groups excluding carboxylic acids is 1. The Balaban J connectivity index is 2.54. The molecule has 2 nitrogen and oxygen atoms in total. The van der Waals surface area contributed by atoms with Gasteiger partial charge >= 0.3 is 0 Å². The molecule has 1 atom stereocenters. The van der Waals surface area contributed by atoms with Gasteiger partial charge in [-0.2, -0.15) is 0 Å². The predicted molar refractivity (Wildman–Crippen MR) is 47.9 cm³/mol. The van der Waals surface area contributed by atoms with Crippen molar-refractivity contribution in [2.45, 2.75) is 13.1 Å². The third kappa shape index (κ3) is 3.23. The lowest BCUT2D eigenvalue weighted by Crippen LogP contribution is -2.08. The summed E-state index contributed by atoms with van der Waals surface area (Å²) in [7, 11) is 0. The monoisotopic (exact) mass is 182 g/mol. The number of hydrogen-bond acceptors (Lipinski definition) is 2. The fourth-order valence-electron chi connectivity index (χ4n) is 0.854. The summed E-state index contributed by atoms with van der Waals surface area (Å²) < 4.78 is 17.4. The zero-order valence-corrected chi connectivity index (χ0v) is 7.37. The van der Waals surface area contributed by atoms with Crippen LogP contribution >= 0.6 is 0 Å². The number of carbonyl (C=O) groups is 1. The number of alkyl halides is 1. The van der Waals surface area contributed by atoms with E-state index in [1.165, 1.54) is 6.92 Å². The standard InChI is InChI=1S/C10H11FO2/c1-8(11)7-13-10-4-2-9(6-12)3-5-10/h2-6,8H,7H2,1H3. The van der Waals surface area contributed by atoms with Crippen molar-refractivity contribution >= 4 is 6.29 Å². The van der Waals surface area contributed by atoms with Crippen LogP contribution in [0.25, 0.3) is 0 Å². The number of ether oxygens (including phenoxy) is 1. The van der Waals surface area contributed by atoms with Gasteiger partial charge in [-0.25, -0.2) is 4.39 Å². The zero-order valence-electron chi connectivity index (χ0n) is 7.37. The van der Waals surface area contributed by atoms with Crippen molar-refractivity contribution in [3.63, 3.8) is 0 Å². The third-order valence-electron chi connectivity index (χ3n) is 1.50. The summed E-state index contributed by atoms with van der Waals surface area (Å²) in [5.74, 6) is 0.579. The van der Waals surface area contributed by atoms with Crippen LogP contribution in [0.1, 0.15) is 17.3 Å². The Morgan fingerprint density at radius 2 is 2.08 bits per heavy atom. The molecular formula is C10H11FO2. The molecule has 0 aliphatic carbocycles. The second kappa shape index (κ2) is 4.60. The minimum atomic E-state index is -0.981. The fourth-order valence-corrected chi connectivity index (χ4v) is 0.854. The zero-order chi connectivity index (χ0) is 9.68. The molecule has 0 amide bonds. The van der Waals surface area contributed by atoms with Gasteiger partial charge in [0.05, 0.1) is 0 Å². The molecule has 1 rings (SSSR count). The number of rotatable bonds is 4. The normalized spacial score (nSPS) is 12.2. The van der Waals surface area contributed by atoms with Crippen LogP contribution in [0.4, 0.5) is 4.39 Å². The summed E-state index contributed by atoms with van der Waals surface area (Å²) in [4.78, 5) is 10.3. The highest BCUT2D eigenvalue weighted by Crippen LogP contribution is 2.11. The Morgan fingerprint density at radius 1 is 1.46 bits per heavy atom. The first kappa shape index (κ1) is 9.71. The first-order valence-electron chi connectivity index (χ1n) is 4.04. The number of benzene rings is 1. The van der Waals surface area contributed by atoms with E-state index in [9.17, 15) is 9.18 Å². The molecule has 0 spiro atoms. The molecule has 0 N–H and O–H groups in total. The number of aldehydes is 1. The van der Waals surface area contributed by atoms with Crippen LogP contribution in [0, 0.1) is 0 Å². The molecule has 0 heterocycles. The van der Waals surface area contributed by atoms with Gasteiger partial charge in [-0.1, -0.05) is 0 Å². The van der Waals surface area contributed by atoms with E-state index in [-0.39, 0.29) is 6.61 Å². The molecule has 0 saturated heterocycles. The molecule has 0 aromatic heterocycles. The van der Waals surface area contributed by atoms with Gasteiger partial charge in [0.15, 0.2) is 0 Å².